The Hall–Kier alpha value is -0.940. The summed E-state index contributed by atoms with van der Waals surface area (Å²) in [6.07, 6.45) is 3.71. The van der Waals surface area contributed by atoms with Gasteiger partial charge in [-0.05, 0) is 6.42 Å². The summed E-state index contributed by atoms with van der Waals surface area (Å²) >= 11 is 0. The van der Waals surface area contributed by atoms with Gasteiger partial charge in [0.1, 0.15) is 6.10 Å². The largest absolute Gasteiger partial charge is 0.459 e. The zero-order valence-corrected chi connectivity index (χ0v) is 9.41. The first-order valence-corrected chi connectivity index (χ1v) is 5.18. The van der Waals surface area contributed by atoms with Gasteiger partial charge in [-0.3, -0.25) is 0 Å². The van der Waals surface area contributed by atoms with Gasteiger partial charge in [0, 0.05) is 24.9 Å². The summed E-state index contributed by atoms with van der Waals surface area (Å²) in [4.78, 5) is 7.60. The first kappa shape index (κ1) is 11.5. The molecule has 16 heavy (non-hydrogen) atoms. The van der Waals surface area contributed by atoms with Crippen molar-refractivity contribution < 1.29 is 9.13 Å². The number of rotatable bonds is 2. The Balaban J connectivity index is 0.000000963. The van der Waals surface area contributed by atoms with E-state index in [1.807, 2.05) is 0 Å². The smallest absolute Gasteiger partial charge is 0.316 e. The van der Waals surface area contributed by atoms with Gasteiger partial charge < -0.3 is 10.1 Å². The van der Waals surface area contributed by atoms with Gasteiger partial charge >= 0.3 is 6.01 Å². The molecule has 2 bridgehead atoms. The summed E-state index contributed by atoms with van der Waals surface area (Å²) in [6.45, 7) is 2.00. The van der Waals surface area contributed by atoms with Crippen molar-refractivity contribution in [3.05, 3.63) is 18.2 Å². The van der Waals surface area contributed by atoms with Crippen molar-refractivity contribution in [3.63, 3.8) is 0 Å². The summed E-state index contributed by atoms with van der Waals surface area (Å²) in [5.41, 5.74) is 0. The van der Waals surface area contributed by atoms with E-state index >= 15 is 0 Å². The quantitative estimate of drug-likeness (QED) is 0.845. The number of nitrogens with one attached hydrogen (secondary N) is 1. The highest BCUT2D eigenvalue weighted by atomic mass is 35.5. The number of piperidine rings is 2. The molecule has 6 heteroatoms. The molecule has 1 saturated carbocycles. The molecule has 2 heterocycles. The molecule has 1 aliphatic heterocycles. The van der Waals surface area contributed by atoms with E-state index in [1.54, 1.807) is 0 Å². The van der Waals surface area contributed by atoms with E-state index < -0.39 is 5.82 Å². The highest BCUT2D eigenvalue weighted by Crippen LogP contribution is 2.38. The molecular weight excluding hydrogens is 233 g/mol. The van der Waals surface area contributed by atoms with Crippen molar-refractivity contribution in [2.24, 2.45) is 11.8 Å². The topological polar surface area (TPSA) is 47.0 Å². The average molecular weight is 246 g/mol. The van der Waals surface area contributed by atoms with Crippen molar-refractivity contribution in [2.75, 3.05) is 13.1 Å². The van der Waals surface area contributed by atoms with Crippen LogP contribution in [0, 0.1) is 17.7 Å². The Morgan fingerprint density at radius 1 is 1.25 bits per heavy atom. The number of hydrogen-bond donors (Lipinski definition) is 1. The molecule has 1 N–H and O–H groups in total. The van der Waals surface area contributed by atoms with Crippen molar-refractivity contribution in [3.8, 4) is 6.01 Å². The average Bonchev–Trinajstić information content (AvgIpc) is 2.29. The minimum atomic E-state index is -0.433. The normalized spacial score (nSPS) is 31.2. The van der Waals surface area contributed by atoms with Crippen molar-refractivity contribution in [1.82, 2.24) is 15.3 Å². The second kappa shape index (κ2) is 4.51. The van der Waals surface area contributed by atoms with Gasteiger partial charge in [-0.25, -0.2) is 14.4 Å². The summed E-state index contributed by atoms with van der Waals surface area (Å²) in [7, 11) is 0. The molecule has 0 spiro atoms. The minimum absolute atomic E-state index is 0. The van der Waals surface area contributed by atoms with E-state index in [4.69, 9.17) is 4.74 Å². The molecule has 1 saturated heterocycles. The maximum atomic E-state index is 12.6. The van der Waals surface area contributed by atoms with Crippen LogP contribution >= 0.6 is 12.4 Å². The summed E-state index contributed by atoms with van der Waals surface area (Å²) < 4.78 is 18.2. The Kier molecular flexibility index (Phi) is 3.25. The molecule has 88 valence electrons. The highest BCUT2D eigenvalue weighted by Gasteiger charge is 2.45. The first-order valence-electron chi connectivity index (χ1n) is 5.18. The second-order valence-electron chi connectivity index (χ2n) is 4.18. The molecular formula is C10H13ClFN3O. The molecule has 3 rings (SSSR count). The van der Waals surface area contributed by atoms with E-state index in [0.29, 0.717) is 11.8 Å². The van der Waals surface area contributed by atoms with Crippen molar-refractivity contribution >= 4 is 12.4 Å². The summed E-state index contributed by atoms with van der Waals surface area (Å²) in [5.74, 6) is 0.702. The predicted molar refractivity (Wildman–Crippen MR) is 58.1 cm³/mol. The Morgan fingerprint density at radius 3 is 2.44 bits per heavy atom. The van der Waals surface area contributed by atoms with Crippen LogP contribution in [0.5, 0.6) is 6.01 Å². The van der Waals surface area contributed by atoms with Gasteiger partial charge in [0.2, 0.25) is 0 Å². The lowest BCUT2D eigenvalue weighted by Gasteiger charge is -2.48. The standard InChI is InChI=1S/C10H12FN3O.ClH/c11-8-4-13-10(14-5-8)15-9-6-1-7(9)3-12-2-6;/h4-7,9,12H,1-3H2;1H/t6-,7+,9?;. The molecule has 0 aromatic carbocycles. The van der Waals surface area contributed by atoms with Crippen LogP contribution in [0.2, 0.25) is 0 Å². The van der Waals surface area contributed by atoms with Crippen LogP contribution < -0.4 is 10.1 Å². The molecule has 1 aliphatic carbocycles. The number of nitrogens with zero attached hydrogens (tertiary/aromatic N) is 2. The lowest BCUT2D eigenvalue weighted by molar-refractivity contribution is -0.0497. The maximum Gasteiger partial charge on any atom is 0.316 e. The Labute approximate surface area is 99.0 Å². The fourth-order valence-electron chi connectivity index (χ4n) is 2.37. The molecule has 0 amide bonds. The number of aromatic nitrogens is 2. The molecule has 1 unspecified atom stereocenters. The number of halogens is 2. The third-order valence-corrected chi connectivity index (χ3v) is 3.19. The Bertz CT molecular complexity index is 348. The van der Waals surface area contributed by atoms with E-state index in [-0.39, 0.29) is 24.5 Å². The van der Waals surface area contributed by atoms with Crippen LogP contribution in [-0.4, -0.2) is 29.2 Å². The molecule has 3 atom stereocenters. The number of hydrogen-bond acceptors (Lipinski definition) is 4. The van der Waals surface area contributed by atoms with Gasteiger partial charge in [-0.1, -0.05) is 0 Å². The summed E-state index contributed by atoms with van der Waals surface area (Å²) in [5, 5.41) is 3.33. The molecule has 2 fully saturated rings. The SMILES string of the molecule is Cl.Fc1cnc(OC2[C@@H]3CNC[C@H]2C3)nc1. The molecule has 1 aromatic heterocycles. The first-order chi connectivity index (χ1) is 7.33. The van der Waals surface area contributed by atoms with Crippen LogP contribution in [0.4, 0.5) is 4.39 Å². The van der Waals surface area contributed by atoms with E-state index in [2.05, 4.69) is 15.3 Å². The van der Waals surface area contributed by atoms with Crippen molar-refractivity contribution in [1.29, 1.82) is 0 Å². The van der Waals surface area contributed by atoms with Gasteiger partial charge in [-0.15, -0.1) is 12.4 Å². The van der Waals surface area contributed by atoms with Crippen LogP contribution in [-0.2, 0) is 0 Å². The fraction of sp³-hybridized carbons (Fsp3) is 0.600. The fourth-order valence-corrected chi connectivity index (χ4v) is 2.37. The zero-order valence-electron chi connectivity index (χ0n) is 8.60. The molecule has 0 radical (unpaired) electrons. The van der Waals surface area contributed by atoms with Crippen LogP contribution in [0.15, 0.2) is 12.4 Å². The van der Waals surface area contributed by atoms with E-state index in [1.165, 1.54) is 6.42 Å². The Morgan fingerprint density at radius 2 is 1.88 bits per heavy atom. The lowest BCUT2D eigenvalue weighted by Crippen LogP contribution is -2.59. The third-order valence-electron chi connectivity index (χ3n) is 3.19. The monoisotopic (exact) mass is 245 g/mol. The second-order valence-corrected chi connectivity index (χ2v) is 4.18. The third kappa shape index (κ3) is 1.97. The van der Waals surface area contributed by atoms with Crippen LogP contribution in [0.25, 0.3) is 0 Å². The van der Waals surface area contributed by atoms with Crippen LogP contribution in [0.3, 0.4) is 0 Å². The predicted octanol–water partition coefficient (Wildman–Crippen LogP) is 1.02. The van der Waals surface area contributed by atoms with Gasteiger partial charge in [0.05, 0.1) is 12.4 Å². The summed E-state index contributed by atoms with van der Waals surface area (Å²) in [6, 6.07) is 0.290. The van der Waals surface area contributed by atoms with E-state index in [0.717, 1.165) is 25.5 Å². The highest BCUT2D eigenvalue weighted by molar-refractivity contribution is 5.85. The lowest BCUT2D eigenvalue weighted by atomic mass is 9.69. The van der Waals surface area contributed by atoms with Crippen LogP contribution in [0.1, 0.15) is 6.42 Å². The molecule has 1 aromatic rings. The van der Waals surface area contributed by atoms with Crippen molar-refractivity contribution in [2.45, 2.75) is 12.5 Å². The minimum Gasteiger partial charge on any atom is -0.459 e. The maximum absolute atomic E-state index is 12.6. The number of ether oxygens (including phenoxy) is 1. The van der Waals surface area contributed by atoms with Gasteiger partial charge in [-0.2, -0.15) is 0 Å². The molecule has 2 aliphatic rings. The van der Waals surface area contributed by atoms with Gasteiger partial charge in [0.25, 0.3) is 0 Å². The van der Waals surface area contributed by atoms with E-state index in [9.17, 15) is 4.39 Å². The molecule has 4 nitrogen and oxygen atoms in total. The zero-order chi connectivity index (χ0) is 10.3. The number of fused-ring (bicyclic) bond motifs is 2. The van der Waals surface area contributed by atoms with Gasteiger partial charge in [0.15, 0.2) is 5.82 Å².